The molecule has 3 N–H and O–H groups in total. The fourth-order valence-electron chi connectivity index (χ4n) is 4.61. The Morgan fingerprint density at radius 1 is 1.10 bits per heavy atom. The summed E-state index contributed by atoms with van der Waals surface area (Å²) < 4.78 is 20.2. The van der Waals surface area contributed by atoms with Gasteiger partial charge in [0, 0.05) is 29.6 Å². The number of aromatic nitrogens is 2. The van der Waals surface area contributed by atoms with Crippen molar-refractivity contribution in [3.05, 3.63) is 46.5 Å². The minimum atomic E-state index is -0.627. The van der Waals surface area contributed by atoms with Gasteiger partial charge in [-0.2, -0.15) is 0 Å². The summed E-state index contributed by atoms with van der Waals surface area (Å²) in [5.74, 6) is 0.556. The van der Waals surface area contributed by atoms with Gasteiger partial charge in [-0.3, -0.25) is 0 Å². The fraction of sp³-hybridized carbons (Fsp3) is 0.364. The fourth-order valence-corrected chi connectivity index (χ4v) is 4.92. The second-order valence-corrected chi connectivity index (χ2v) is 8.88. The summed E-state index contributed by atoms with van der Waals surface area (Å²) in [5.41, 5.74) is 1.74. The number of nitrogens with one attached hydrogen (secondary N) is 3. The van der Waals surface area contributed by atoms with E-state index in [0.29, 0.717) is 35.2 Å². The third kappa shape index (κ3) is 3.97. The van der Waals surface area contributed by atoms with Crippen LogP contribution in [0.4, 0.5) is 21.6 Å². The lowest BCUT2D eigenvalue weighted by molar-refractivity contribution is 0.375. The highest BCUT2D eigenvalue weighted by Gasteiger charge is 2.33. The molecule has 0 radical (unpaired) electrons. The monoisotopic (exact) mass is 461 g/mol. The van der Waals surface area contributed by atoms with Crippen LogP contribution in [0.5, 0.6) is 5.75 Å². The SMILES string of the molecule is COc1cc2ncnc(Nc3ccc(Cl)c(Cl)c3F)c2cc1NC1CC2CCC(C1)N2. The van der Waals surface area contributed by atoms with Crippen LogP contribution in [-0.4, -0.2) is 35.2 Å². The van der Waals surface area contributed by atoms with E-state index in [1.165, 1.54) is 25.2 Å². The van der Waals surface area contributed by atoms with Crippen molar-refractivity contribution in [3.8, 4) is 5.75 Å². The number of nitrogens with zero attached hydrogens (tertiary/aromatic N) is 2. The third-order valence-electron chi connectivity index (χ3n) is 6.08. The number of fused-ring (bicyclic) bond motifs is 3. The van der Waals surface area contributed by atoms with Gasteiger partial charge in [-0.25, -0.2) is 14.4 Å². The molecule has 2 aromatic carbocycles. The zero-order valence-corrected chi connectivity index (χ0v) is 18.4. The van der Waals surface area contributed by atoms with Gasteiger partial charge < -0.3 is 20.7 Å². The maximum atomic E-state index is 14.6. The first-order valence-electron chi connectivity index (χ1n) is 10.3. The highest BCUT2D eigenvalue weighted by molar-refractivity contribution is 6.42. The lowest BCUT2D eigenvalue weighted by Crippen LogP contribution is -2.43. The minimum Gasteiger partial charge on any atom is -0.495 e. The van der Waals surface area contributed by atoms with Gasteiger partial charge in [0.05, 0.1) is 34.0 Å². The second-order valence-electron chi connectivity index (χ2n) is 8.09. The summed E-state index contributed by atoms with van der Waals surface area (Å²) in [4.78, 5) is 8.69. The molecule has 2 atom stereocenters. The van der Waals surface area contributed by atoms with E-state index in [4.69, 9.17) is 27.9 Å². The number of hydrogen-bond acceptors (Lipinski definition) is 6. The molecule has 9 heteroatoms. The highest BCUT2D eigenvalue weighted by atomic mass is 35.5. The van der Waals surface area contributed by atoms with Gasteiger partial charge in [-0.05, 0) is 43.9 Å². The molecular weight excluding hydrogens is 440 g/mol. The van der Waals surface area contributed by atoms with E-state index in [-0.39, 0.29) is 15.7 Å². The summed E-state index contributed by atoms with van der Waals surface area (Å²) in [6, 6.07) is 8.40. The molecule has 0 amide bonds. The number of rotatable bonds is 5. The van der Waals surface area contributed by atoms with Crippen molar-refractivity contribution in [1.82, 2.24) is 15.3 Å². The number of benzene rings is 2. The summed E-state index contributed by atoms with van der Waals surface area (Å²) in [7, 11) is 1.64. The molecule has 2 aliphatic rings. The predicted octanol–water partition coefficient (Wildman–Crippen LogP) is 5.52. The van der Waals surface area contributed by atoms with Crippen LogP contribution in [0.15, 0.2) is 30.6 Å². The Labute approximate surface area is 189 Å². The molecule has 2 saturated heterocycles. The number of methoxy groups -OCH3 is 1. The van der Waals surface area contributed by atoms with Crippen LogP contribution < -0.4 is 20.7 Å². The van der Waals surface area contributed by atoms with Crippen LogP contribution in [0.25, 0.3) is 10.9 Å². The van der Waals surface area contributed by atoms with E-state index in [2.05, 4.69) is 25.9 Å². The average Bonchev–Trinajstić information content (AvgIpc) is 3.12. The van der Waals surface area contributed by atoms with Crippen LogP contribution in [0, 0.1) is 5.82 Å². The molecule has 31 heavy (non-hydrogen) atoms. The molecule has 2 unspecified atom stereocenters. The minimum absolute atomic E-state index is 0.130. The van der Waals surface area contributed by atoms with Gasteiger partial charge in [-0.1, -0.05) is 23.2 Å². The second kappa shape index (κ2) is 8.30. The van der Waals surface area contributed by atoms with Gasteiger partial charge in [0.1, 0.15) is 17.9 Å². The van der Waals surface area contributed by atoms with Crippen LogP contribution in [0.2, 0.25) is 10.0 Å². The zero-order valence-electron chi connectivity index (χ0n) is 16.9. The largest absolute Gasteiger partial charge is 0.495 e. The topological polar surface area (TPSA) is 71.1 Å². The summed E-state index contributed by atoms with van der Waals surface area (Å²) in [6.07, 6.45) is 6.03. The van der Waals surface area contributed by atoms with E-state index < -0.39 is 5.82 Å². The Hall–Kier alpha value is -2.35. The Kier molecular flexibility index (Phi) is 5.50. The molecule has 2 bridgehead atoms. The first kappa shape index (κ1) is 20.5. The Morgan fingerprint density at radius 2 is 1.87 bits per heavy atom. The maximum absolute atomic E-state index is 14.6. The number of piperidine rings is 1. The maximum Gasteiger partial charge on any atom is 0.166 e. The molecule has 162 valence electrons. The van der Waals surface area contributed by atoms with Crippen LogP contribution in [0.3, 0.4) is 0 Å². The van der Waals surface area contributed by atoms with E-state index in [0.717, 1.165) is 23.9 Å². The van der Waals surface area contributed by atoms with Crippen LogP contribution in [0.1, 0.15) is 25.7 Å². The summed E-state index contributed by atoms with van der Waals surface area (Å²) in [6.45, 7) is 0. The van der Waals surface area contributed by atoms with Crippen LogP contribution in [-0.2, 0) is 0 Å². The normalized spacial score (nSPS) is 22.5. The summed E-state index contributed by atoms with van der Waals surface area (Å²) in [5, 5.41) is 11.1. The van der Waals surface area contributed by atoms with Crippen molar-refractivity contribution in [2.45, 2.75) is 43.8 Å². The Bertz CT molecular complexity index is 1130. The van der Waals surface area contributed by atoms with Crippen molar-refractivity contribution >= 4 is 51.3 Å². The highest BCUT2D eigenvalue weighted by Crippen LogP contribution is 2.37. The number of hydrogen-bond donors (Lipinski definition) is 3. The zero-order chi connectivity index (χ0) is 21.5. The molecule has 2 fully saturated rings. The molecule has 0 spiro atoms. The lowest BCUT2D eigenvalue weighted by Gasteiger charge is -2.31. The van der Waals surface area contributed by atoms with Gasteiger partial charge in [0.25, 0.3) is 0 Å². The molecule has 3 aromatic rings. The average molecular weight is 462 g/mol. The van der Waals surface area contributed by atoms with Crippen molar-refractivity contribution in [1.29, 1.82) is 0 Å². The van der Waals surface area contributed by atoms with Gasteiger partial charge in [0.2, 0.25) is 0 Å². The lowest BCUT2D eigenvalue weighted by atomic mass is 9.99. The standard InChI is InChI=1S/C22H22Cl2FN5O/c1-31-19-9-17-14(8-18(19)29-13-6-11-2-3-12(7-13)28-11)22(27-10-26-17)30-16-5-4-15(23)20(24)21(16)25/h4-5,8-13,28-29H,2-3,6-7H2,1H3,(H,26,27,30). The first-order chi connectivity index (χ1) is 15.0. The van der Waals surface area contributed by atoms with Crippen molar-refractivity contribution in [3.63, 3.8) is 0 Å². The predicted molar refractivity (Wildman–Crippen MR) is 122 cm³/mol. The molecule has 0 aliphatic carbocycles. The van der Waals surface area contributed by atoms with Gasteiger partial charge in [-0.15, -0.1) is 0 Å². The number of halogens is 3. The quantitative estimate of drug-likeness (QED) is 0.434. The van der Waals surface area contributed by atoms with Crippen LogP contribution >= 0.6 is 23.2 Å². The van der Waals surface area contributed by atoms with E-state index in [9.17, 15) is 4.39 Å². The molecule has 0 saturated carbocycles. The molecule has 6 nitrogen and oxygen atoms in total. The smallest absolute Gasteiger partial charge is 0.166 e. The molecule has 2 aliphatic heterocycles. The number of ether oxygens (including phenoxy) is 1. The Balaban J connectivity index is 1.50. The number of anilines is 3. The first-order valence-corrected chi connectivity index (χ1v) is 11.0. The molecular formula is C22H22Cl2FN5O. The van der Waals surface area contributed by atoms with Gasteiger partial charge in [0.15, 0.2) is 5.82 Å². The molecule has 1 aromatic heterocycles. The van der Waals surface area contributed by atoms with Crippen molar-refractivity contribution in [2.75, 3.05) is 17.7 Å². The van der Waals surface area contributed by atoms with E-state index in [1.807, 2.05) is 12.1 Å². The van der Waals surface area contributed by atoms with Gasteiger partial charge >= 0.3 is 0 Å². The molecule has 3 heterocycles. The summed E-state index contributed by atoms with van der Waals surface area (Å²) >= 11 is 11.9. The van der Waals surface area contributed by atoms with Crippen molar-refractivity contribution in [2.24, 2.45) is 0 Å². The van der Waals surface area contributed by atoms with E-state index in [1.54, 1.807) is 13.2 Å². The van der Waals surface area contributed by atoms with Crippen molar-refractivity contribution < 1.29 is 9.13 Å². The Morgan fingerprint density at radius 3 is 2.61 bits per heavy atom. The molecule has 5 rings (SSSR count). The van der Waals surface area contributed by atoms with E-state index >= 15 is 0 Å². The third-order valence-corrected chi connectivity index (χ3v) is 6.86.